The van der Waals surface area contributed by atoms with Crippen molar-refractivity contribution in [3.05, 3.63) is 70.9 Å². The fourth-order valence-corrected chi connectivity index (χ4v) is 2.53. The Hall–Kier alpha value is -1.77. The average Bonchev–Trinajstić information content (AvgIpc) is 2.80. The fraction of sp³-hybridized carbons (Fsp3) is 0.125. The third kappa shape index (κ3) is 2.37. The van der Waals surface area contributed by atoms with Gasteiger partial charge in [0.15, 0.2) is 0 Å². The first-order valence-corrected chi connectivity index (χ1v) is 6.67. The number of rotatable bonds is 3. The number of aromatic nitrogens is 1. The molecule has 0 bridgehead atoms. The van der Waals surface area contributed by atoms with Gasteiger partial charge in [-0.3, -0.25) is 0 Å². The summed E-state index contributed by atoms with van der Waals surface area (Å²) in [6.07, 6.45) is 2.14. The van der Waals surface area contributed by atoms with Gasteiger partial charge in [-0.1, -0.05) is 41.9 Å². The highest BCUT2D eigenvalue weighted by molar-refractivity contribution is 6.30. The van der Waals surface area contributed by atoms with E-state index >= 15 is 0 Å². The third-order valence-corrected chi connectivity index (χ3v) is 3.61. The first-order chi connectivity index (χ1) is 9.28. The summed E-state index contributed by atoms with van der Waals surface area (Å²) in [6.45, 7) is 1.39. The quantitative estimate of drug-likeness (QED) is 0.771. The lowest BCUT2D eigenvalue weighted by molar-refractivity contribution is 0.829. The van der Waals surface area contributed by atoms with Gasteiger partial charge in [0, 0.05) is 35.2 Å². The summed E-state index contributed by atoms with van der Waals surface area (Å²) >= 11 is 5.91. The van der Waals surface area contributed by atoms with Gasteiger partial charge in [-0.05, 0) is 29.3 Å². The Morgan fingerprint density at radius 3 is 2.47 bits per heavy atom. The van der Waals surface area contributed by atoms with Gasteiger partial charge in [0.1, 0.15) is 0 Å². The van der Waals surface area contributed by atoms with E-state index in [1.54, 1.807) is 0 Å². The van der Waals surface area contributed by atoms with Gasteiger partial charge < -0.3 is 10.3 Å². The van der Waals surface area contributed by atoms with Crippen LogP contribution in [0.1, 0.15) is 11.1 Å². The standard InChI is InChI=1S/C16H15ClN2/c17-14-7-5-12(6-8-14)10-19-11-13(9-18)15-3-1-2-4-16(15)19/h1-8,11H,9-10,18H2. The Kier molecular flexibility index (Phi) is 3.28. The average molecular weight is 271 g/mol. The molecule has 19 heavy (non-hydrogen) atoms. The lowest BCUT2D eigenvalue weighted by Crippen LogP contribution is -1.98. The van der Waals surface area contributed by atoms with Crippen molar-refractivity contribution in [2.45, 2.75) is 13.1 Å². The molecule has 3 aromatic rings. The summed E-state index contributed by atoms with van der Waals surface area (Å²) < 4.78 is 2.24. The molecular formula is C16H15ClN2. The Balaban J connectivity index is 2.03. The second kappa shape index (κ2) is 5.08. The SMILES string of the molecule is NCc1cn(Cc2ccc(Cl)cc2)c2ccccc12. The van der Waals surface area contributed by atoms with Crippen LogP contribution in [-0.2, 0) is 13.1 Å². The molecule has 0 aliphatic carbocycles. The van der Waals surface area contributed by atoms with Crippen LogP contribution in [-0.4, -0.2) is 4.57 Å². The van der Waals surface area contributed by atoms with Gasteiger partial charge in [0.05, 0.1) is 0 Å². The van der Waals surface area contributed by atoms with E-state index in [4.69, 9.17) is 17.3 Å². The van der Waals surface area contributed by atoms with Crippen LogP contribution in [0.3, 0.4) is 0 Å². The van der Waals surface area contributed by atoms with Crippen molar-refractivity contribution in [1.82, 2.24) is 4.57 Å². The third-order valence-electron chi connectivity index (χ3n) is 3.36. The first kappa shape index (κ1) is 12.3. The Bertz CT molecular complexity index is 698. The summed E-state index contributed by atoms with van der Waals surface area (Å²) in [6, 6.07) is 16.3. The maximum atomic E-state index is 5.91. The number of halogens is 1. The lowest BCUT2D eigenvalue weighted by atomic mass is 10.2. The number of nitrogens with zero attached hydrogens (tertiary/aromatic N) is 1. The predicted octanol–water partition coefficient (Wildman–Crippen LogP) is 3.80. The second-order valence-electron chi connectivity index (χ2n) is 4.63. The number of nitrogens with two attached hydrogens (primary N) is 1. The van der Waals surface area contributed by atoms with Gasteiger partial charge in [-0.25, -0.2) is 0 Å². The van der Waals surface area contributed by atoms with Crippen molar-refractivity contribution in [1.29, 1.82) is 0 Å². The maximum Gasteiger partial charge on any atom is 0.0486 e. The van der Waals surface area contributed by atoms with E-state index in [1.165, 1.54) is 22.0 Å². The molecule has 0 atom stereocenters. The van der Waals surface area contributed by atoms with Crippen molar-refractivity contribution in [2.75, 3.05) is 0 Å². The summed E-state index contributed by atoms with van der Waals surface area (Å²) in [5, 5.41) is 2.00. The van der Waals surface area contributed by atoms with Crippen LogP contribution in [0.4, 0.5) is 0 Å². The van der Waals surface area contributed by atoms with E-state index in [0.717, 1.165) is 11.6 Å². The summed E-state index contributed by atoms with van der Waals surface area (Å²) in [5.74, 6) is 0. The van der Waals surface area contributed by atoms with Gasteiger partial charge in [-0.15, -0.1) is 0 Å². The highest BCUT2D eigenvalue weighted by Crippen LogP contribution is 2.22. The molecule has 0 saturated carbocycles. The number of fused-ring (bicyclic) bond motifs is 1. The molecule has 3 rings (SSSR count). The molecule has 2 aromatic carbocycles. The molecule has 1 aromatic heterocycles. The molecule has 0 aliphatic rings. The Morgan fingerprint density at radius 1 is 1.00 bits per heavy atom. The molecule has 1 heterocycles. The summed E-state index contributed by atoms with van der Waals surface area (Å²) in [7, 11) is 0. The monoisotopic (exact) mass is 270 g/mol. The first-order valence-electron chi connectivity index (χ1n) is 6.29. The van der Waals surface area contributed by atoms with E-state index in [9.17, 15) is 0 Å². The van der Waals surface area contributed by atoms with Crippen LogP contribution in [0.15, 0.2) is 54.7 Å². The zero-order valence-electron chi connectivity index (χ0n) is 10.5. The molecule has 0 fully saturated rings. The predicted molar refractivity (Wildman–Crippen MR) is 80.4 cm³/mol. The summed E-state index contributed by atoms with van der Waals surface area (Å²) in [4.78, 5) is 0. The molecule has 0 aliphatic heterocycles. The number of para-hydroxylation sites is 1. The van der Waals surface area contributed by atoms with Crippen molar-refractivity contribution in [3.63, 3.8) is 0 Å². The molecule has 2 N–H and O–H groups in total. The summed E-state index contributed by atoms with van der Waals surface area (Å²) in [5.41, 5.74) is 9.45. The molecule has 0 amide bonds. The van der Waals surface area contributed by atoms with Crippen LogP contribution >= 0.6 is 11.6 Å². The zero-order valence-corrected chi connectivity index (χ0v) is 11.3. The van der Waals surface area contributed by atoms with E-state index < -0.39 is 0 Å². The molecule has 3 heteroatoms. The number of benzene rings is 2. The van der Waals surface area contributed by atoms with Crippen LogP contribution in [0.2, 0.25) is 5.02 Å². The topological polar surface area (TPSA) is 30.9 Å². The minimum atomic E-state index is 0.564. The second-order valence-corrected chi connectivity index (χ2v) is 5.07. The minimum absolute atomic E-state index is 0.564. The molecule has 0 spiro atoms. The maximum absolute atomic E-state index is 5.91. The zero-order chi connectivity index (χ0) is 13.2. The molecule has 0 radical (unpaired) electrons. The highest BCUT2D eigenvalue weighted by atomic mass is 35.5. The number of hydrogen-bond donors (Lipinski definition) is 1. The van der Waals surface area contributed by atoms with Crippen molar-refractivity contribution < 1.29 is 0 Å². The number of hydrogen-bond acceptors (Lipinski definition) is 1. The fourth-order valence-electron chi connectivity index (χ4n) is 2.40. The van der Waals surface area contributed by atoms with Gasteiger partial charge in [-0.2, -0.15) is 0 Å². The van der Waals surface area contributed by atoms with Crippen molar-refractivity contribution in [2.24, 2.45) is 5.73 Å². The molecular weight excluding hydrogens is 256 g/mol. The van der Waals surface area contributed by atoms with E-state index in [1.807, 2.05) is 18.2 Å². The van der Waals surface area contributed by atoms with E-state index in [0.29, 0.717) is 6.54 Å². The molecule has 0 saturated heterocycles. The molecule has 96 valence electrons. The van der Waals surface area contributed by atoms with Crippen molar-refractivity contribution in [3.8, 4) is 0 Å². The van der Waals surface area contributed by atoms with E-state index in [-0.39, 0.29) is 0 Å². The van der Waals surface area contributed by atoms with Crippen LogP contribution in [0, 0.1) is 0 Å². The Labute approximate surface area is 117 Å². The van der Waals surface area contributed by atoms with Crippen LogP contribution in [0.25, 0.3) is 10.9 Å². The Morgan fingerprint density at radius 2 is 1.74 bits per heavy atom. The highest BCUT2D eigenvalue weighted by Gasteiger charge is 2.06. The van der Waals surface area contributed by atoms with Crippen molar-refractivity contribution >= 4 is 22.5 Å². The van der Waals surface area contributed by atoms with Gasteiger partial charge in [0.25, 0.3) is 0 Å². The van der Waals surface area contributed by atoms with E-state index in [2.05, 4.69) is 41.1 Å². The normalized spacial score (nSPS) is 11.1. The van der Waals surface area contributed by atoms with Crippen LogP contribution in [0.5, 0.6) is 0 Å². The largest absolute Gasteiger partial charge is 0.343 e. The van der Waals surface area contributed by atoms with Gasteiger partial charge >= 0.3 is 0 Å². The van der Waals surface area contributed by atoms with Gasteiger partial charge in [0.2, 0.25) is 0 Å². The molecule has 0 unspecified atom stereocenters. The van der Waals surface area contributed by atoms with Crippen LogP contribution < -0.4 is 5.73 Å². The smallest absolute Gasteiger partial charge is 0.0486 e. The molecule has 2 nitrogen and oxygen atoms in total. The minimum Gasteiger partial charge on any atom is -0.343 e. The lowest BCUT2D eigenvalue weighted by Gasteiger charge is -2.05.